The summed E-state index contributed by atoms with van der Waals surface area (Å²) in [5.41, 5.74) is 2.18. The third-order valence-electron chi connectivity index (χ3n) is 2.40. The second-order valence-electron chi connectivity index (χ2n) is 5.34. The fourth-order valence-corrected chi connectivity index (χ4v) is 3.12. The molecule has 0 fully saturated rings. The summed E-state index contributed by atoms with van der Waals surface area (Å²) < 4.78 is 5.78. The van der Waals surface area contributed by atoms with Crippen LogP contribution >= 0.6 is 11.6 Å². The van der Waals surface area contributed by atoms with Gasteiger partial charge in [-0.25, -0.2) is 0 Å². The van der Waals surface area contributed by atoms with Crippen LogP contribution in [-0.4, -0.2) is 9.04 Å². The van der Waals surface area contributed by atoms with Crippen LogP contribution in [0.1, 0.15) is 37.5 Å². The minimum Gasteiger partial charge on any atom is -0.401 e. The summed E-state index contributed by atoms with van der Waals surface area (Å²) >= 11 is 6.32. The van der Waals surface area contributed by atoms with E-state index in [1.165, 1.54) is 5.56 Å². The fraction of sp³-hybridized carbons (Fsp3) is 0.538. The van der Waals surface area contributed by atoms with Crippen molar-refractivity contribution in [2.75, 3.05) is 0 Å². The molecule has 0 heterocycles. The molecule has 1 nitrogen and oxygen atoms in total. The first-order valence-corrected chi connectivity index (χ1v) is 8.93. The van der Waals surface area contributed by atoms with Gasteiger partial charge in [0.1, 0.15) is 5.56 Å². The summed E-state index contributed by atoms with van der Waals surface area (Å²) in [5.74, 6) is 0. The molecule has 0 aliphatic rings. The molecule has 0 saturated carbocycles. The first-order valence-electron chi connectivity index (χ1n) is 5.71. The van der Waals surface area contributed by atoms with E-state index in [0.29, 0.717) is 0 Å². The van der Waals surface area contributed by atoms with Gasteiger partial charge < -0.3 is 4.43 Å². The van der Waals surface area contributed by atoms with Crippen LogP contribution in [0.4, 0.5) is 0 Å². The molecule has 0 aliphatic heterocycles. The molecule has 0 saturated heterocycles. The molecule has 3 heteroatoms. The largest absolute Gasteiger partial charge is 0.401 e. The van der Waals surface area contributed by atoms with Crippen molar-refractivity contribution in [3.63, 3.8) is 0 Å². The van der Waals surface area contributed by atoms with Gasteiger partial charge in [0.2, 0.25) is 0 Å². The Kier molecular flexibility index (Phi) is 4.59. The first kappa shape index (κ1) is 13.8. The Morgan fingerprint density at radius 2 is 1.75 bits per heavy atom. The van der Waals surface area contributed by atoms with Crippen molar-refractivity contribution in [3.8, 4) is 0 Å². The van der Waals surface area contributed by atoms with E-state index >= 15 is 0 Å². The highest BCUT2D eigenvalue weighted by molar-refractivity contribution is 6.49. The van der Waals surface area contributed by atoms with E-state index in [4.69, 9.17) is 16.0 Å². The SMILES string of the molecule is C[SiH](C)OC(Cl)c1ccccc1C(C)(C)C. The van der Waals surface area contributed by atoms with Crippen LogP contribution in [-0.2, 0) is 9.84 Å². The van der Waals surface area contributed by atoms with E-state index in [2.05, 4.69) is 52.1 Å². The second-order valence-corrected chi connectivity index (χ2v) is 8.10. The van der Waals surface area contributed by atoms with E-state index in [1.807, 2.05) is 6.07 Å². The Balaban J connectivity index is 3.04. The standard InChI is InChI=1S/C13H21ClOSi/c1-13(2,3)11-9-7-6-8-10(11)12(14)15-16(4)5/h6-9,12,16H,1-5H3. The van der Waals surface area contributed by atoms with Crippen molar-refractivity contribution >= 4 is 20.6 Å². The highest BCUT2D eigenvalue weighted by Crippen LogP contribution is 2.33. The Labute approximate surface area is 106 Å². The molecule has 1 atom stereocenters. The summed E-state index contributed by atoms with van der Waals surface area (Å²) in [7, 11) is -1.10. The minimum absolute atomic E-state index is 0.103. The van der Waals surface area contributed by atoms with Gasteiger partial charge in [-0.2, -0.15) is 0 Å². The fourth-order valence-electron chi connectivity index (χ4n) is 1.69. The smallest absolute Gasteiger partial charge is 0.173 e. The maximum absolute atomic E-state index is 6.32. The molecule has 16 heavy (non-hydrogen) atoms. The monoisotopic (exact) mass is 256 g/mol. The van der Waals surface area contributed by atoms with Gasteiger partial charge in [0.05, 0.1) is 0 Å². The molecule has 1 aromatic carbocycles. The van der Waals surface area contributed by atoms with Crippen LogP contribution in [0.3, 0.4) is 0 Å². The van der Waals surface area contributed by atoms with Crippen molar-refractivity contribution in [3.05, 3.63) is 35.4 Å². The van der Waals surface area contributed by atoms with Gasteiger partial charge in [0.25, 0.3) is 0 Å². The van der Waals surface area contributed by atoms with Crippen LogP contribution in [0.5, 0.6) is 0 Å². The molecule has 0 bridgehead atoms. The minimum atomic E-state index is -1.10. The zero-order valence-corrected chi connectivity index (χ0v) is 12.7. The quantitative estimate of drug-likeness (QED) is 0.581. The van der Waals surface area contributed by atoms with Crippen LogP contribution in [0.2, 0.25) is 13.1 Å². The summed E-state index contributed by atoms with van der Waals surface area (Å²) in [4.78, 5) is 0. The Morgan fingerprint density at radius 1 is 1.19 bits per heavy atom. The zero-order chi connectivity index (χ0) is 12.3. The van der Waals surface area contributed by atoms with Gasteiger partial charge in [-0.1, -0.05) is 56.6 Å². The van der Waals surface area contributed by atoms with Gasteiger partial charge >= 0.3 is 0 Å². The maximum atomic E-state index is 6.32. The van der Waals surface area contributed by atoms with Crippen LogP contribution in [0.15, 0.2) is 24.3 Å². The van der Waals surface area contributed by atoms with Crippen molar-refractivity contribution in [1.29, 1.82) is 0 Å². The molecule has 0 radical (unpaired) electrons. The average Bonchev–Trinajstić information content (AvgIpc) is 2.15. The van der Waals surface area contributed by atoms with Crippen LogP contribution < -0.4 is 0 Å². The molecule has 1 rings (SSSR count). The van der Waals surface area contributed by atoms with Crippen LogP contribution in [0.25, 0.3) is 0 Å². The molecule has 0 N–H and O–H groups in total. The molecule has 1 aromatic rings. The Morgan fingerprint density at radius 3 is 2.25 bits per heavy atom. The molecule has 0 aromatic heterocycles. The van der Waals surface area contributed by atoms with Crippen molar-refractivity contribution in [2.24, 2.45) is 0 Å². The number of benzene rings is 1. The normalized spacial score (nSPS) is 14.2. The molecular formula is C13H21ClOSi. The van der Waals surface area contributed by atoms with Gasteiger partial charge in [-0.05, 0) is 29.6 Å². The number of alkyl halides is 1. The third-order valence-corrected chi connectivity index (χ3v) is 3.73. The molecular weight excluding hydrogens is 236 g/mol. The van der Waals surface area contributed by atoms with E-state index in [9.17, 15) is 0 Å². The number of rotatable bonds is 3. The Hall–Kier alpha value is -0.313. The number of hydrogen-bond acceptors (Lipinski definition) is 1. The zero-order valence-electron chi connectivity index (χ0n) is 10.8. The van der Waals surface area contributed by atoms with E-state index in [0.717, 1.165) is 5.56 Å². The second kappa shape index (κ2) is 5.35. The highest BCUT2D eigenvalue weighted by atomic mass is 35.5. The molecule has 90 valence electrons. The lowest BCUT2D eigenvalue weighted by Gasteiger charge is -2.25. The van der Waals surface area contributed by atoms with Gasteiger partial charge in [0, 0.05) is 0 Å². The maximum Gasteiger partial charge on any atom is 0.173 e. The van der Waals surface area contributed by atoms with E-state index < -0.39 is 9.04 Å². The molecule has 0 amide bonds. The first-order chi connectivity index (χ1) is 7.32. The summed E-state index contributed by atoms with van der Waals surface area (Å²) in [5, 5.41) is 0. The number of halogens is 1. The van der Waals surface area contributed by atoms with Gasteiger partial charge in [-0.3, -0.25) is 0 Å². The van der Waals surface area contributed by atoms with Crippen molar-refractivity contribution in [2.45, 2.75) is 44.8 Å². The van der Waals surface area contributed by atoms with E-state index in [-0.39, 0.29) is 11.0 Å². The van der Waals surface area contributed by atoms with Gasteiger partial charge in [0.15, 0.2) is 9.04 Å². The van der Waals surface area contributed by atoms with Crippen molar-refractivity contribution < 1.29 is 4.43 Å². The highest BCUT2D eigenvalue weighted by Gasteiger charge is 2.22. The average molecular weight is 257 g/mol. The molecule has 0 spiro atoms. The lowest BCUT2D eigenvalue weighted by molar-refractivity contribution is 0.292. The number of hydrogen-bond donors (Lipinski definition) is 0. The van der Waals surface area contributed by atoms with Gasteiger partial charge in [-0.15, -0.1) is 0 Å². The Bertz CT molecular complexity index is 344. The van der Waals surface area contributed by atoms with Crippen LogP contribution in [0, 0.1) is 0 Å². The third kappa shape index (κ3) is 3.61. The topological polar surface area (TPSA) is 9.23 Å². The molecule has 1 unspecified atom stereocenters. The summed E-state index contributed by atoms with van der Waals surface area (Å²) in [6, 6.07) is 8.27. The summed E-state index contributed by atoms with van der Waals surface area (Å²) in [6.07, 6.45) is 0. The summed E-state index contributed by atoms with van der Waals surface area (Å²) in [6.45, 7) is 10.9. The molecule has 0 aliphatic carbocycles. The lowest BCUT2D eigenvalue weighted by Crippen LogP contribution is -2.17. The predicted molar refractivity (Wildman–Crippen MR) is 73.7 cm³/mol. The predicted octanol–water partition coefficient (Wildman–Crippen LogP) is 4.22. The van der Waals surface area contributed by atoms with Crippen molar-refractivity contribution in [1.82, 2.24) is 0 Å². The van der Waals surface area contributed by atoms with E-state index in [1.54, 1.807) is 0 Å². The lowest BCUT2D eigenvalue weighted by atomic mass is 9.84.